The SMILES string of the molecule is Cc1c(Cc2ccc(C3CC3)cc2)c(O[C@@H]2O[C@H](CO)[C@@H](O)[C@H](O)[C@H]2O)nn1C1CCOC1. The van der Waals surface area contributed by atoms with Crippen LogP contribution in [0.15, 0.2) is 24.3 Å². The molecule has 1 aromatic carbocycles. The second-order valence-corrected chi connectivity index (χ2v) is 9.34. The van der Waals surface area contributed by atoms with Gasteiger partial charge in [-0.15, -0.1) is 5.10 Å². The number of hydrogen-bond donors (Lipinski definition) is 4. The van der Waals surface area contributed by atoms with Gasteiger partial charge >= 0.3 is 0 Å². The summed E-state index contributed by atoms with van der Waals surface area (Å²) in [7, 11) is 0. The maximum atomic E-state index is 10.4. The highest BCUT2D eigenvalue weighted by atomic mass is 16.7. The highest BCUT2D eigenvalue weighted by molar-refractivity contribution is 5.38. The third-order valence-electron chi connectivity index (χ3n) is 6.97. The van der Waals surface area contributed by atoms with E-state index in [0.29, 0.717) is 31.4 Å². The summed E-state index contributed by atoms with van der Waals surface area (Å²) in [4.78, 5) is 0. The molecule has 33 heavy (non-hydrogen) atoms. The number of benzene rings is 1. The first-order chi connectivity index (χ1) is 16.0. The van der Waals surface area contributed by atoms with Gasteiger partial charge in [0.05, 0.1) is 19.3 Å². The smallest absolute Gasteiger partial charge is 0.239 e. The van der Waals surface area contributed by atoms with Crippen molar-refractivity contribution >= 4 is 0 Å². The van der Waals surface area contributed by atoms with Crippen LogP contribution in [0.5, 0.6) is 5.88 Å². The molecule has 0 radical (unpaired) electrons. The molecule has 9 heteroatoms. The zero-order chi connectivity index (χ0) is 23.1. The highest BCUT2D eigenvalue weighted by Gasteiger charge is 2.45. The van der Waals surface area contributed by atoms with Crippen LogP contribution < -0.4 is 4.74 Å². The van der Waals surface area contributed by atoms with Crippen LogP contribution in [0.4, 0.5) is 0 Å². The largest absolute Gasteiger partial charge is 0.443 e. The summed E-state index contributed by atoms with van der Waals surface area (Å²) in [6.07, 6.45) is -2.83. The molecule has 2 aromatic rings. The van der Waals surface area contributed by atoms with Crippen LogP contribution >= 0.6 is 0 Å². The summed E-state index contributed by atoms with van der Waals surface area (Å²) in [6.45, 7) is 2.71. The van der Waals surface area contributed by atoms with Crippen LogP contribution in [0.2, 0.25) is 0 Å². The van der Waals surface area contributed by atoms with Crippen LogP contribution in [0.1, 0.15) is 53.6 Å². The molecule has 1 saturated carbocycles. The van der Waals surface area contributed by atoms with Gasteiger partial charge in [0.15, 0.2) is 0 Å². The Labute approximate surface area is 192 Å². The van der Waals surface area contributed by atoms with Crippen molar-refractivity contribution in [1.82, 2.24) is 9.78 Å². The van der Waals surface area contributed by atoms with Crippen molar-refractivity contribution in [3.8, 4) is 5.88 Å². The molecule has 0 amide bonds. The fourth-order valence-electron chi connectivity index (χ4n) is 4.70. The van der Waals surface area contributed by atoms with Crippen molar-refractivity contribution in [3.05, 3.63) is 46.6 Å². The maximum Gasteiger partial charge on any atom is 0.239 e. The van der Waals surface area contributed by atoms with E-state index in [2.05, 4.69) is 29.4 Å². The molecule has 1 aliphatic carbocycles. The number of aromatic nitrogens is 2. The predicted octanol–water partition coefficient (Wildman–Crippen LogP) is 0.800. The van der Waals surface area contributed by atoms with Crippen molar-refractivity contribution in [1.29, 1.82) is 0 Å². The van der Waals surface area contributed by atoms with Crippen LogP contribution in [-0.2, 0) is 15.9 Å². The van der Waals surface area contributed by atoms with E-state index < -0.39 is 37.3 Å². The zero-order valence-electron chi connectivity index (χ0n) is 18.7. The topological polar surface area (TPSA) is 126 Å². The average molecular weight is 461 g/mol. The van der Waals surface area contributed by atoms with Gasteiger partial charge in [0, 0.05) is 24.3 Å². The Hall–Kier alpha value is -2.01. The normalized spacial score (nSPS) is 32.3. The summed E-state index contributed by atoms with van der Waals surface area (Å²) < 4.78 is 19.0. The first kappa shape index (κ1) is 22.8. The molecule has 6 atom stereocenters. The van der Waals surface area contributed by atoms with Gasteiger partial charge in [-0.1, -0.05) is 24.3 Å². The van der Waals surface area contributed by atoms with Gasteiger partial charge in [-0.25, -0.2) is 0 Å². The van der Waals surface area contributed by atoms with E-state index in [1.54, 1.807) is 0 Å². The van der Waals surface area contributed by atoms with Gasteiger partial charge in [-0.05, 0) is 43.2 Å². The Morgan fingerprint density at radius 2 is 1.82 bits per heavy atom. The van der Waals surface area contributed by atoms with Gasteiger partial charge in [-0.2, -0.15) is 0 Å². The minimum Gasteiger partial charge on any atom is -0.443 e. The van der Waals surface area contributed by atoms with Crippen molar-refractivity contribution in [2.45, 2.75) is 75.3 Å². The molecular formula is C24H32N2O7. The molecule has 9 nitrogen and oxygen atoms in total. The van der Waals surface area contributed by atoms with Crippen molar-refractivity contribution in [2.24, 2.45) is 0 Å². The van der Waals surface area contributed by atoms with Crippen LogP contribution in [0.25, 0.3) is 0 Å². The van der Waals surface area contributed by atoms with Crippen LogP contribution in [-0.4, -0.2) is 80.7 Å². The Kier molecular flexibility index (Phi) is 6.43. The van der Waals surface area contributed by atoms with E-state index in [9.17, 15) is 20.4 Å². The van der Waals surface area contributed by atoms with Gasteiger partial charge in [0.1, 0.15) is 24.4 Å². The minimum absolute atomic E-state index is 0.0909. The average Bonchev–Trinajstić information content (AvgIpc) is 3.45. The maximum absolute atomic E-state index is 10.4. The van der Waals surface area contributed by atoms with Gasteiger partial charge in [0.2, 0.25) is 12.2 Å². The number of aliphatic hydroxyl groups excluding tert-OH is 4. The molecule has 0 spiro atoms. The lowest BCUT2D eigenvalue weighted by Gasteiger charge is -2.39. The molecule has 3 fully saturated rings. The fourth-order valence-corrected chi connectivity index (χ4v) is 4.70. The second kappa shape index (κ2) is 9.32. The standard InChI is InChI=1S/C24H32N2O7/c1-13-18(10-14-2-4-15(5-3-14)16-6-7-16)23(25-26(13)17-8-9-31-12-17)33-24-22(30)21(29)20(28)19(11-27)32-24/h2-5,16-17,19-22,24,27-30H,6-12H2,1H3/t17?,19-,20-,21+,22-,24+/m1/s1. The van der Waals surface area contributed by atoms with Crippen molar-refractivity contribution < 1.29 is 34.6 Å². The molecule has 4 N–H and O–H groups in total. The lowest BCUT2D eigenvalue weighted by molar-refractivity contribution is -0.278. The van der Waals surface area contributed by atoms with E-state index in [4.69, 9.17) is 14.2 Å². The van der Waals surface area contributed by atoms with E-state index in [1.807, 2.05) is 11.6 Å². The van der Waals surface area contributed by atoms with Crippen LogP contribution in [0, 0.1) is 6.92 Å². The molecule has 1 unspecified atom stereocenters. The monoisotopic (exact) mass is 460 g/mol. The minimum atomic E-state index is -1.51. The molecule has 2 saturated heterocycles. The first-order valence-corrected chi connectivity index (χ1v) is 11.7. The number of hydrogen-bond acceptors (Lipinski definition) is 8. The van der Waals surface area contributed by atoms with Crippen LogP contribution in [0.3, 0.4) is 0 Å². The second-order valence-electron chi connectivity index (χ2n) is 9.34. The molecule has 180 valence electrons. The molecule has 0 bridgehead atoms. The number of rotatable bonds is 7. The van der Waals surface area contributed by atoms with E-state index in [1.165, 1.54) is 18.4 Å². The third kappa shape index (κ3) is 4.53. The van der Waals surface area contributed by atoms with E-state index in [0.717, 1.165) is 23.2 Å². The zero-order valence-corrected chi connectivity index (χ0v) is 18.7. The summed E-state index contributed by atoms with van der Waals surface area (Å²) in [6, 6.07) is 8.69. The summed E-state index contributed by atoms with van der Waals surface area (Å²) in [5.74, 6) is 0.992. The lowest BCUT2D eigenvalue weighted by atomic mass is 9.99. The van der Waals surface area contributed by atoms with E-state index in [-0.39, 0.29) is 6.04 Å². The van der Waals surface area contributed by atoms with Crippen molar-refractivity contribution in [2.75, 3.05) is 19.8 Å². The Balaban J connectivity index is 1.43. The lowest BCUT2D eigenvalue weighted by Crippen LogP contribution is -2.60. The molecule has 2 aliphatic heterocycles. The number of aliphatic hydroxyl groups is 4. The Morgan fingerprint density at radius 3 is 2.45 bits per heavy atom. The molecule has 5 rings (SSSR count). The Bertz CT molecular complexity index is 950. The first-order valence-electron chi connectivity index (χ1n) is 11.7. The van der Waals surface area contributed by atoms with Gasteiger partial charge < -0.3 is 34.6 Å². The Morgan fingerprint density at radius 1 is 1.06 bits per heavy atom. The molecular weight excluding hydrogens is 428 g/mol. The molecule has 1 aromatic heterocycles. The van der Waals surface area contributed by atoms with Gasteiger partial charge in [-0.3, -0.25) is 4.68 Å². The number of nitrogens with zero attached hydrogens (tertiary/aromatic N) is 2. The van der Waals surface area contributed by atoms with E-state index >= 15 is 0 Å². The quantitative estimate of drug-likeness (QED) is 0.478. The molecule has 3 heterocycles. The van der Waals surface area contributed by atoms with Gasteiger partial charge in [0.25, 0.3) is 0 Å². The number of ether oxygens (including phenoxy) is 3. The predicted molar refractivity (Wildman–Crippen MR) is 117 cm³/mol. The highest BCUT2D eigenvalue weighted by Crippen LogP contribution is 2.40. The third-order valence-corrected chi connectivity index (χ3v) is 6.97. The fraction of sp³-hybridized carbons (Fsp3) is 0.625. The summed E-state index contributed by atoms with van der Waals surface area (Å²) in [5, 5.41) is 44.8. The summed E-state index contributed by atoms with van der Waals surface area (Å²) >= 11 is 0. The van der Waals surface area contributed by atoms with Crippen molar-refractivity contribution in [3.63, 3.8) is 0 Å². The molecule has 3 aliphatic rings. The summed E-state index contributed by atoms with van der Waals surface area (Å²) in [5.41, 5.74) is 4.28.